The van der Waals surface area contributed by atoms with Gasteiger partial charge in [0.25, 0.3) is 0 Å². The first-order valence-corrected chi connectivity index (χ1v) is 14.1. The second-order valence-corrected chi connectivity index (χ2v) is 11.4. The Morgan fingerprint density at radius 1 is 0.615 bits per heavy atom. The van der Waals surface area contributed by atoms with Crippen molar-refractivity contribution in [2.75, 3.05) is 0 Å². The minimum atomic E-state index is 0.492. The van der Waals surface area contributed by atoms with Gasteiger partial charge in [0.2, 0.25) is 0 Å². The number of nitrogens with zero attached hydrogens (tertiary/aromatic N) is 4. The number of fused-ring (bicyclic) bond motifs is 3. The fraction of sp³-hybridized carbons (Fsp3) is 0.343. The first kappa shape index (κ1) is 28.2. The number of rotatable bonds is 3. The molecule has 0 unspecified atom stereocenters. The number of benzene rings is 3. The van der Waals surface area contributed by atoms with Gasteiger partial charge in [0.05, 0.1) is 11.2 Å². The topological polar surface area (TPSA) is 27.7 Å². The highest BCUT2D eigenvalue weighted by Gasteiger charge is 2.10. The maximum atomic E-state index is 4.51. The van der Waals surface area contributed by atoms with E-state index in [0.29, 0.717) is 17.9 Å². The van der Waals surface area contributed by atoms with Gasteiger partial charge in [-0.15, -0.1) is 0 Å². The van der Waals surface area contributed by atoms with E-state index in [4.69, 9.17) is 0 Å². The number of para-hydroxylation sites is 2. The van der Waals surface area contributed by atoms with Crippen LogP contribution in [0.25, 0.3) is 32.7 Å². The summed E-state index contributed by atoms with van der Waals surface area (Å²) in [5.41, 5.74) is 7.88. The first-order valence-electron chi connectivity index (χ1n) is 14.1. The molecule has 3 aromatic heterocycles. The third-order valence-corrected chi connectivity index (χ3v) is 7.42. The van der Waals surface area contributed by atoms with Gasteiger partial charge in [-0.2, -0.15) is 5.10 Å². The summed E-state index contributed by atoms with van der Waals surface area (Å²) in [6, 6.07) is 26.1. The predicted molar refractivity (Wildman–Crippen MR) is 169 cm³/mol. The van der Waals surface area contributed by atoms with Gasteiger partial charge in [-0.1, -0.05) is 76.2 Å². The van der Waals surface area contributed by atoms with Crippen LogP contribution in [-0.2, 0) is 14.1 Å². The van der Waals surface area contributed by atoms with Gasteiger partial charge in [0.15, 0.2) is 0 Å². The van der Waals surface area contributed by atoms with Gasteiger partial charge in [-0.25, -0.2) is 0 Å². The highest BCUT2D eigenvalue weighted by Crippen LogP contribution is 2.27. The molecule has 0 radical (unpaired) electrons. The van der Waals surface area contributed by atoms with E-state index in [0.717, 1.165) is 0 Å². The van der Waals surface area contributed by atoms with Crippen LogP contribution in [0.4, 0.5) is 0 Å². The van der Waals surface area contributed by atoms with Crippen molar-refractivity contribution in [3.8, 4) is 0 Å². The quantitative estimate of drug-likeness (QED) is 0.228. The fourth-order valence-electron chi connectivity index (χ4n) is 5.29. The lowest BCUT2D eigenvalue weighted by molar-refractivity contribution is 0.623. The summed E-state index contributed by atoms with van der Waals surface area (Å²) in [5.74, 6) is 1.09. The molecule has 0 saturated heterocycles. The van der Waals surface area contributed by atoms with E-state index in [2.05, 4.69) is 149 Å². The molecule has 39 heavy (non-hydrogen) atoms. The average molecular weight is 521 g/mol. The van der Waals surface area contributed by atoms with Crippen LogP contribution < -0.4 is 0 Å². The maximum absolute atomic E-state index is 4.51. The standard InChI is InChI=1S/2C12H15N.C11H14N2/c1-9(2)13-8-7-11-10(3)5-4-6-12(11)13;1-9(2)11-8-13(3)12-7-5-4-6-10(11)12;1-8(2)11-9-6-4-5-7-10(9)13(3)12-11/h2*4-9H,1-3H3;4-8H,1-3H3. The van der Waals surface area contributed by atoms with Crippen molar-refractivity contribution in [1.82, 2.24) is 18.9 Å². The summed E-state index contributed by atoms with van der Waals surface area (Å²) in [5, 5.41) is 8.54. The van der Waals surface area contributed by atoms with Gasteiger partial charge in [-0.05, 0) is 68.0 Å². The predicted octanol–water partition coefficient (Wildman–Crippen LogP) is 9.53. The van der Waals surface area contributed by atoms with Crippen LogP contribution in [0.15, 0.2) is 85.2 Å². The van der Waals surface area contributed by atoms with E-state index >= 15 is 0 Å². The molecule has 0 saturated carbocycles. The van der Waals surface area contributed by atoms with Crippen molar-refractivity contribution in [1.29, 1.82) is 0 Å². The summed E-state index contributed by atoms with van der Waals surface area (Å²) < 4.78 is 6.46. The lowest BCUT2D eigenvalue weighted by atomic mass is 10.0. The molecule has 0 aliphatic heterocycles. The van der Waals surface area contributed by atoms with Crippen molar-refractivity contribution >= 4 is 32.7 Å². The van der Waals surface area contributed by atoms with Crippen molar-refractivity contribution in [2.24, 2.45) is 14.1 Å². The molecule has 3 aromatic carbocycles. The molecule has 0 bridgehead atoms. The zero-order valence-corrected chi connectivity index (χ0v) is 25.1. The molecular formula is C35H44N4. The van der Waals surface area contributed by atoms with E-state index in [1.54, 1.807) is 0 Å². The van der Waals surface area contributed by atoms with Crippen LogP contribution in [0, 0.1) is 6.92 Å². The van der Waals surface area contributed by atoms with Crippen LogP contribution in [0.1, 0.15) is 76.2 Å². The summed E-state index contributed by atoms with van der Waals surface area (Å²) in [6.45, 7) is 15.4. The van der Waals surface area contributed by atoms with Gasteiger partial charge >= 0.3 is 0 Å². The summed E-state index contributed by atoms with van der Waals surface area (Å²) in [7, 11) is 4.10. The molecule has 4 nitrogen and oxygen atoms in total. The van der Waals surface area contributed by atoms with Gasteiger partial charge in [-0.3, -0.25) is 4.68 Å². The van der Waals surface area contributed by atoms with Gasteiger partial charge in [0, 0.05) is 59.7 Å². The maximum Gasteiger partial charge on any atom is 0.0728 e. The van der Waals surface area contributed by atoms with Gasteiger partial charge < -0.3 is 9.13 Å². The monoisotopic (exact) mass is 520 g/mol. The van der Waals surface area contributed by atoms with E-state index in [9.17, 15) is 0 Å². The van der Waals surface area contributed by atoms with Crippen molar-refractivity contribution in [3.63, 3.8) is 0 Å². The molecule has 6 aromatic rings. The lowest BCUT2D eigenvalue weighted by Crippen LogP contribution is -1.97. The molecule has 4 heteroatoms. The van der Waals surface area contributed by atoms with E-state index in [1.807, 2.05) is 17.8 Å². The first-order chi connectivity index (χ1) is 18.6. The minimum Gasteiger partial charge on any atom is -0.350 e. The van der Waals surface area contributed by atoms with Crippen LogP contribution >= 0.6 is 0 Å². The lowest BCUT2D eigenvalue weighted by Gasteiger charge is -2.09. The molecule has 6 rings (SSSR count). The highest BCUT2D eigenvalue weighted by atomic mass is 15.3. The highest BCUT2D eigenvalue weighted by molar-refractivity contribution is 5.85. The Kier molecular flexibility index (Phi) is 8.64. The van der Waals surface area contributed by atoms with Crippen LogP contribution in [-0.4, -0.2) is 18.9 Å². The molecule has 0 aliphatic rings. The molecular weight excluding hydrogens is 476 g/mol. The third kappa shape index (κ3) is 5.95. The number of aryl methyl sites for hydroxylation is 3. The zero-order chi connectivity index (χ0) is 28.3. The fourth-order valence-corrected chi connectivity index (χ4v) is 5.29. The molecule has 0 aliphatic carbocycles. The smallest absolute Gasteiger partial charge is 0.0728 e. The van der Waals surface area contributed by atoms with E-state index in [-0.39, 0.29) is 0 Å². The Morgan fingerprint density at radius 2 is 1.23 bits per heavy atom. The van der Waals surface area contributed by atoms with Crippen LogP contribution in [0.2, 0.25) is 0 Å². The molecule has 3 heterocycles. The summed E-state index contributed by atoms with van der Waals surface area (Å²) >= 11 is 0. The summed E-state index contributed by atoms with van der Waals surface area (Å²) in [6.07, 6.45) is 4.40. The molecule has 0 spiro atoms. The molecule has 204 valence electrons. The average Bonchev–Trinajstić information content (AvgIpc) is 3.60. The van der Waals surface area contributed by atoms with Crippen molar-refractivity contribution in [2.45, 2.75) is 66.3 Å². The number of aromatic nitrogens is 4. The van der Waals surface area contributed by atoms with E-state index in [1.165, 1.54) is 49.5 Å². The zero-order valence-electron chi connectivity index (χ0n) is 25.1. The third-order valence-electron chi connectivity index (χ3n) is 7.42. The Bertz CT molecular complexity index is 1580. The molecule has 0 atom stereocenters. The van der Waals surface area contributed by atoms with Crippen molar-refractivity contribution < 1.29 is 0 Å². The Labute approximate surface area is 233 Å². The second-order valence-electron chi connectivity index (χ2n) is 11.4. The molecule has 0 amide bonds. The SMILES string of the molecule is CC(C)c1cn(C)c2ccccc12.CC(C)c1nn(C)c2ccccc12.Cc1cccc2c1ccn2C(C)C. The second kappa shape index (κ2) is 11.9. The summed E-state index contributed by atoms with van der Waals surface area (Å²) in [4.78, 5) is 0. The van der Waals surface area contributed by atoms with E-state index < -0.39 is 0 Å². The molecule has 0 N–H and O–H groups in total. The minimum absolute atomic E-state index is 0.492. The van der Waals surface area contributed by atoms with Crippen molar-refractivity contribution in [3.05, 3.63) is 102 Å². The molecule has 0 fully saturated rings. The largest absolute Gasteiger partial charge is 0.350 e. The number of hydrogen-bond acceptors (Lipinski definition) is 1. The van der Waals surface area contributed by atoms with Crippen LogP contribution in [0.5, 0.6) is 0 Å². The normalized spacial score (nSPS) is 11.4. The Hall–Kier alpha value is -3.79. The number of hydrogen-bond donors (Lipinski definition) is 0. The van der Waals surface area contributed by atoms with Gasteiger partial charge in [0.1, 0.15) is 0 Å². The van der Waals surface area contributed by atoms with Crippen LogP contribution in [0.3, 0.4) is 0 Å². The Balaban J connectivity index is 0.000000136. The Morgan fingerprint density at radius 3 is 1.87 bits per heavy atom.